The van der Waals surface area contributed by atoms with Gasteiger partial charge in [-0.3, -0.25) is 9.59 Å². The molecule has 0 atom stereocenters. The van der Waals surface area contributed by atoms with Crippen LogP contribution in [0.15, 0.2) is 78.9 Å². The number of hydrogen-bond donors (Lipinski definition) is 0. The van der Waals surface area contributed by atoms with Crippen molar-refractivity contribution in [2.75, 3.05) is 44.4 Å². The summed E-state index contributed by atoms with van der Waals surface area (Å²) in [7, 11) is 0. The van der Waals surface area contributed by atoms with Crippen LogP contribution in [0.5, 0.6) is 11.5 Å². The summed E-state index contributed by atoms with van der Waals surface area (Å²) in [5, 5.41) is 8.88. The molecule has 0 saturated carbocycles. The van der Waals surface area contributed by atoms with Gasteiger partial charge in [0.25, 0.3) is 5.91 Å². The molecule has 0 aliphatic carbocycles. The van der Waals surface area contributed by atoms with Gasteiger partial charge in [-0.05, 0) is 55.8 Å². The quantitative estimate of drug-likeness (QED) is 0.328. The van der Waals surface area contributed by atoms with E-state index < -0.39 is 0 Å². The number of nitrogens with zero attached hydrogens (tertiary/aromatic N) is 5. The minimum absolute atomic E-state index is 0.0216. The summed E-state index contributed by atoms with van der Waals surface area (Å²) in [6.07, 6.45) is 0. The monoisotopic (exact) mass is 563 g/mol. The second kappa shape index (κ2) is 11.9. The van der Waals surface area contributed by atoms with Crippen LogP contribution >= 0.6 is 0 Å². The lowest BCUT2D eigenvalue weighted by Gasteiger charge is -2.36. The molecule has 0 N–H and O–H groups in total. The molecular weight excluding hydrogens is 530 g/mol. The maximum Gasteiger partial charge on any atom is 0.254 e. The Morgan fingerprint density at radius 3 is 2.17 bits per heavy atom. The maximum atomic E-state index is 13.6. The van der Waals surface area contributed by atoms with Gasteiger partial charge in [-0.1, -0.05) is 53.6 Å². The van der Waals surface area contributed by atoms with Gasteiger partial charge in [0.15, 0.2) is 17.3 Å². The lowest BCUT2D eigenvalue weighted by Crippen LogP contribution is -2.52. The van der Waals surface area contributed by atoms with Crippen LogP contribution in [0, 0.1) is 13.8 Å². The van der Waals surface area contributed by atoms with Crippen LogP contribution in [-0.2, 0) is 11.3 Å². The fraction of sp³-hybridized carbons (Fsp3) is 0.273. The number of aryl methyl sites for hydroxylation is 2. The number of fused-ring (bicyclic) bond motifs is 1. The molecule has 2 aliphatic rings. The normalized spacial score (nSPS) is 14.1. The fourth-order valence-corrected chi connectivity index (χ4v) is 5.16. The lowest BCUT2D eigenvalue weighted by atomic mass is 10.1. The molecule has 3 heterocycles. The third-order valence-corrected chi connectivity index (χ3v) is 7.68. The Morgan fingerprint density at radius 2 is 1.48 bits per heavy atom. The van der Waals surface area contributed by atoms with Crippen LogP contribution in [-0.4, -0.2) is 71.3 Å². The average molecular weight is 564 g/mol. The molecule has 0 unspecified atom stereocenters. The molecule has 9 nitrogen and oxygen atoms in total. The summed E-state index contributed by atoms with van der Waals surface area (Å²) in [5.41, 5.74) is 5.54. The topological polar surface area (TPSA) is 88.1 Å². The summed E-state index contributed by atoms with van der Waals surface area (Å²) in [4.78, 5) is 32.6. The standard InChI is InChI=1S/C33H33N5O4/c1-23-3-8-26(9-4-23)28-12-14-31(35-34-28)36-15-17-37(18-16-36)32(39)21-38(33(40)27-10-5-24(2)6-11-27)20-25-7-13-29-30(19-25)42-22-41-29/h3-14,19H,15-18,20-22H2,1-2H3. The molecule has 214 valence electrons. The van der Waals surface area contributed by atoms with Crippen molar-refractivity contribution < 1.29 is 19.1 Å². The molecule has 1 aromatic heterocycles. The number of ether oxygens (including phenoxy) is 2. The molecule has 4 aromatic rings. The van der Waals surface area contributed by atoms with Crippen LogP contribution in [0.25, 0.3) is 11.3 Å². The number of carbonyl (C=O) groups is 2. The van der Waals surface area contributed by atoms with Crippen molar-refractivity contribution in [3.63, 3.8) is 0 Å². The molecular formula is C33H33N5O4. The van der Waals surface area contributed by atoms with E-state index in [0.717, 1.165) is 28.2 Å². The van der Waals surface area contributed by atoms with Crippen molar-refractivity contribution in [3.8, 4) is 22.8 Å². The highest BCUT2D eigenvalue weighted by atomic mass is 16.7. The number of anilines is 1. The minimum atomic E-state index is -0.191. The first-order valence-corrected chi connectivity index (χ1v) is 14.1. The second-order valence-electron chi connectivity index (χ2n) is 10.7. The number of benzene rings is 3. The first-order valence-electron chi connectivity index (χ1n) is 14.1. The molecule has 0 spiro atoms. The number of amides is 2. The van der Waals surface area contributed by atoms with Gasteiger partial charge < -0.3 is 24.2 Å². The van der Waals surface area contributed by atoms with E-state index in [9.17, 15) is 9.59 Å². The third-order valence-electron chi connectivity index (χ3n) is 7.68. The zero-order valence-corrected chi connectivity index (χ0v) is 23.8. The molecule has 0 bridgehead atoms. The zero-order valence-electron chi connectivity index (χ0n) is 23.8. The number of hydrogen-bond acceptors (Lipinski definition) is 7. The van der Waals surface area contributed by atoms with Crippen molar-refractivity contribution in [1.29, 1.82) is 0 Å². The van der Waals surface area contributed by atoms with E-state index in [2.05, 4.69) is 34.2 Å². The van der Waals surface area contributed by atoms with E-state index in [1.165, 1.54) is 5.56 Å². The van der Waals surface area contributed by atoms with Crippen molar-refractivity contribution in [2.45, 2.75) is 20.4 Å². The van der Waals surface area contributed by atoms with Crippen LogP contribution in [0.4, 0.5) is 5.82 Å². The number of piperazine rings is 1. The van der Waals surface area contributed by atoms with E-state index in [1.807, 2.05) is 66.4 Å². The largest absolute Gasteiger partial charge is 0.454 e. The fourth-order valence-electron chi connectivity index (χ4n) is 5.16. The Kier molecular flexibility index (Phi) is 7.72. The molecule has 2 amide bonds. The van der Waals surface area contributed by atoms with E-state index in [0.29, 0.717) is 43.2 Å². The van der Waals surface area contributed by atoms with Crippen molar-refractivity contribution in [1.82, 2.24) is 20.0 Å². The first kappa shape index (κ1) is 27.3. The summed E-state index contributed by atoms with van der Waals surface area (Å²) < 4.78 is 10.9. The van der Waals surface area contributed by atoms with Crippen LogP contribution < -0.4 is 14.4 Å². The predicted molar refractivity (Wildman–Crippen MR) is 159 cm³/mol. The van der Waals surface area contributed by atoms with Gasteiger partial charge >= 0.3 is 0 Å². The molecule has 6 rings (SSSR count). The van der Waals surface area contributed by atoms with Crippen LogP contribution in [0.1, 0.15) is 27.0 Å². The van der Waals surface area contributed by atoms with Gasteiger partial charge in [-0.2, -0.15) is 0 Å². The highest BCUT2D eigenvalue weighted by Crippen LogP contribution is 2.33. The summed E-state index contributed by atoms with van der Waals surface area (Å²) >= 11 is 0. The Bertz CT molecular complexity index is 1560. The van der Waals surface area contributed by atoms with Gasteiger partial charge in [0.1, 0.15) is 6.54 Å². The molecule has 3 aromatic carbocycles. The number of aromatic nitrogens is 2. The third kappa shape index (κ3) is 6.05. The van der Waals surface area contributed by atoms with E-state index in [1.54, 1.807) is 17.0 Å². The zero-order chi connectivity index (χ0) is 29.1. The SMILES string of the molecule is Cc1ccc(C(=O)N(CC(=O)N2CCN(c3ccc(-c4ccc(C)cc4)nn3)CC2)Cc2ccc3c(c2)OCO3)cc1. The van der Waals surface area contributed by atoms with Gasteiger partial charge in [0, 0.05) is 43.9 Å². The average Bonchev–Trinajstić information content (AvgIpc) is 3.49. The maximum absolute atomic E-state index is 13.6. The van der Waals surface area contributed by atoms with Crippen LogP contribution in [0.3, 0.4) is 0 Å². The lowest BCUT2D eigenvalue weighted by molar-refractivity contribution is -0.132. The molecule has 9 heteroatoms. The second-order valence-corrected chi connectivity index (χ2v) is 10.7. The van der Waals surface area contributed by atoms with Gasteiger partial charge in [0.2, 0.25) is 12.7 Å². The predicted octanol–water partition coefficient (Wildman–Crippen LogP) is 4.48. The smallest absolute Gasteiger partial charge is 0.254 e. The van der Waals surface area contributed by atoms with E-state index in [4.69, 9.17) is 9.47 Å². The first-order chi connectivity index (χ1) is 20.4. The van der Waals surface area contributed by atoms with E-state index >= 15 is 0 Å². The molecule has 0 radical (unpaired) electrons. The number of carbonyl (C=O) groups excluding carboxylic acids is 2. The number of rotatable bonds is 7. The Labute approximate surface area is 245 Å². The molecule has 1 saturated heterocycles. The molecule has 42 heavy (non-hydrogen) atoms. The molecule has 2 aliphatic heterocycles. The van der Waals surface area contributed by atoms with Crippen molar-refractivity contribution in [2.24, 2.45) is 0 Å². The highest BCUT2D eigenvalue weighted by molar-refractivity contribution is 5.96. The van der Waals surface area contributed by atoms with Crippen LogP contribution in [0.2, 0.25) is 0 Å². The van der Waals surface area contributed by atoms with Crippen molar-refractivity contribution >= 4 is 17.6 Å². The Hall–Kier alpha value is -4.92. The van der Waals surface area contributed by atoms with Gasteiger partial charge in [0.05, 0.1) is 5.69 Å². The minimum Gasteiger partial charge on any atom is -0.454 e. The highest BCUT2D eigenvalue weighted by Gasteiger charge is 2.27. The van der Waals surface area contributed by atoms with Gasteiger partial charge in [-0.15, -0.1) is 10.2 Å². The summed E-state index contributed by atoms with van der Waals surface area (Å²) in [6, 6.07) is 25.2. The Balaban J connectivity index is 1.11. The Morgan fingerprint density at radius 1 is 0.786 bits per heavy atom. The van der Waals surface area contributed by atoms with E-state index in [-0.39, 0.29) is 31.7 Å². The summed E-state index contributed by atoms with van der Waals surface area (Å²) in [6.45, 7) is 6.82. The molecule has 1 fully saturated rings. The van der Waals surface area contributed by atoms with Gasteiger partial charge in [-0.25, -0.2) is 0 Å². The van der Waals surface area contributed by atoms with Crippen molar-refractivity contribution in [3.05, 3.63) is 101 Å². The summed E-state index contributed by atoms with van der Waals surface area (Å²) in [5.74, 6) is 1.84.